The van der Waals surface area contributed by atoms with Gasteiger partial charge in [-0.3, -0.25) is 0 Å². The van der Waals surface area contributed by atoms with Gasteiger partial charge in [0, 0.05) is 6.54 Å². The molecule has 0 fully saturated rings. The van der Waals surface area contributed by atoms with Gasteiger partial charge in [-0.25, -0.2) is 0 Å². The van der Waals surface area contributed by atoms with Gasteiger partial charge in [0.15, 0.2) is 0 Å². The normalized spacial score (nSPS) is 10.6. The molecule has 0 unspecified atom stereocenters. The number of benzene rings is 2. The predicted octanol–water partition coefficient (Wildman–Crippen LogP) is 4.16. The van der Waals surface area contributed by atoms with Gasteiger partial charge in [-0.15, -0.1) is 0 Å². The van der Waals surface area contributed by atoms with Crippen LogP contribution in [0.1, 0.15) is 24.5 Å². The number of hydrogen-bond donors (Lipinski definition) is 1. The number of aryl methyl sites for hydroxylation is 1. The van der Waals surface area contributed by atoms with Gasteiger partial charge in [-0.05, 0) is 48.2 Å². The molecular weight excluding hydrogens is 218 g/mol. The third-order valence-corrected chi connectivity index (χ3v) is 3.14. The highest BCUT2D eigenvalue weighted by Gasteiger charge is 2.01. The largest absolute Gasteiger partial charge is 0.313 e. The summed E-state index contributed by atoms with van der Waals surface area (Å²) in [4.78, 5) is 0. The van der Waals surface area contributed by atoms with Crippen molar-refractivity contribution in [2.45, 2.75) is 26.8 Å². The fourth-order valence-corrected chi connectivity index (χ4v) is 2.16. The van der Waals surface area contributed by atoms with Crippen molar-refractivity contribution in [2.24, 2.45) is 0 Å². The fraction of sp³-hybridized carbons (Fsp3) is 0.294. The number of hydrogen-bond acceptors (Lipinski definition) is 1. The molecule has 1 nitrogen and oxygen atoms in total. The molecule has 0 atom stereocenters. The number of rotatable bonds is 5. The Labute approximate surface area is 110 Å². The Balaban J connectivity index is 2.19. The molecule has 0 aliphatic carbocycles. The zero-order valence-electron chi connectivity index (χ0n) is 11.2. The molecular formula is C17H21N. The molecule has 2 rings (SSSR count). The van der Waals surface area contributed by atoms with Crippen LogP contribution >= 0.6 is 0 Å². The molecule has 2 aromatic rings. The second-order valence-corrected chi connectivity index (χ2v) is 4.69. The molecule has 0 heterocycles. The minimum Gasteiger partial charge on any atom is -0.313 e. The van der Waals surface area contributed by atoms with Gasteiger partial charge in [0.2, 0.25) is 0 Å². The highest BCUT2D eigenvalue weighted by Crippen LogP contribution is 2.23. The summed E-state index contributed by atoms with van der Waals surface area (Å²) in [6.07, 6.45) is 1.18. The van der Waals surface area contributed by atoms with E-state index in [0.29, 0.717) is 0 Å². The summed E-state index contributed by atoms with van der Waals surface area (Å²) in [5.41, 5.74) is 5.32. The van der Waals surface area contributed by atoms with Crippen molar-refractivity contribution in [3.63, 3.8) is 0 Å². The van der Waals surface area contributed by atoms with Gasteiger partial charge >= 0.3 is 0 Å². The summed E-state index contributed by atoms with van der Waals surface area (Å²) in [6, 6.07) is 17.3. The van der Waals surface area contributed by atoms with Gasteiger partial charge in [-0.1, -0.05) is 49.4 Å². The van der Waals surface area contributed by atoms with Crippen LogP contribution in [-0.4, -0.2) is 6.54 Å². The van der Waals surface area contributed by atoms with Crippen LogP contribution < -0.4 is 5.32 Å². The first-order valence-electron chi connectivity index (χ1n) is 6.67. The summed E-state index contributed by atoms with van der Waals surface area (Å²) < 4.78 is 0. The predicted molar refractivity (Wildman–Crippen MR) is 78.6 cm³/mol. The van der Waals surface area contributed by atoms with E-state index in [4.69, 9.17) is 0 Å². The minimum atomic E-state index is 0.952. The topological polar surface area (TPSA) is 12.0 Å². The second kappa shape index (κ2) is 6.36. The van der Waals surface area contributed by atoms with Crippen molar-refractivity contribution >= 4 is 0 Å². The molecule has 0 aromatic heterocycles. The third-order valence-electron chi connectivity index (χ3n) is 3.14. The zero-order valence-corrected chi connectivity index (χ0v) is 11.2. The minimum absolute atomic E-state index is 0.952. The van der Waals surface area contributed by atoms with Crippen LogP contribution in [0.2, 0.25) is 0 Å². The Morgan fingerprint density at radius 3 is 2.61 bits per heavy atom. The van der Waals surface area contributed by atoms with Crippen LogP contribution in [0.3, 0.4) is 0 Å². The summed E-state index contributed by atoms with van der Waals surface area (Å²) in [5.74, 6) is 0. The van der Waals surface area contributed by atoms with Crippen molar-refractivity contribution in [1.29, 1.82) is 0 Å². The van der Waals surface area contributed by atoms with Crippen LogP contribution in [0.25, 0.3) is 11.1 Å². The van der Waals surface area contributed by atoms with Crippen molar-refractivity contribution in [1.82, 2.24) is 5.32 Å². The molecule has 1 heteroatoms. The Bertz CT molecular complexity index is 502. The molecule has 0 aliphatic rings. The van der Waals surface area contributed by atoms with E-state index in [1.165, 1.54) is 28.7 Å². The highest BCUT2D eigenvalue weighted by atomic mass is 14.8. The molecule has 0 radical (unpaired) electrons. The lowest BCUT2D eigenvalue weighted by Gasteiger charge is -2.08. The Morgan fingerprint density at radius 2 is 1.83 bits per heavy atom. The standard InChI is InChI=1S/C17H21N/c1-3-11-18-13-15-8-6-9-16(12-15)17-10-5-4-7-14(17)2/h4-10,12,18H,3,11,13H2,1-2H3. The first kappa shape index (κ1) is 12.8. The molecule has 0 bridgehead atoms. The first-order chi connectivity index (χ1) is 8.81. The lowest BCUT2D eigenvalue weighted by atomic mass is 9.99. The van der Waals surface area contributed by atoms with Crippen molar-refractivity contribution in [2.75, 3.05) is 6.54 Å². The maximum atomic E-state index is 3.44. The Morgan fingerprint density at radius 1 is 1.00 bits per heavy atom. The molecule has 18 heavy (non-hydrogen) atoms. The smallest absolute Gasteiger partial charge is 0.0205 e. The first-order valence-corrected chi connectivity index (χ1v) is 6.67. The van der Waals surface area contributed by atoms with Gasteiger partial charge < -0.3 is 5.32 Å². The van der Waals surface area contributed by atoms with E-state index in [2.05, 4.69) is 67.7 Å². The summed E-state index contributed by atoms with van der Waals surface area (Å²) in [5, 5.41) is 3.44. The van der Waals surface area contributed by atoms with E-state index in [1.54, 1.807) is 0 Å². The van der Waals surface area contributed by atoms with Crippen molar-refractivity contribution in [3.8, 4) is 11.1 Å². The summed E-state index contributed by atoms with van der Waals surface area (Å²) >= 11 is 0. The van der Waals surface area contributed by atoms with E-state index >= 15 is 0 Å². The average molecular weight is 239 g/mol. The van der Waals surface area contributed by atoms with E-state index in [9.17, 15) is 0 Å². The summed E-state index contributed by atoms with van der Waals surface area (Å²) in [6.45, 7) is 6.39. The molecule has 0 amide bonds. The van der Waals surface area contributed by atoms with Crippen LogP contribution in [0.5, 0.6) is 0 Å². The average Bonchev–Trinajstić information content (AvgIpc) is 2.40. The molecule has 0 saturated heterocycles. The van der Waals surface area contributed by atoms with Crippen molar-refractivity contribution in [3.05, 3.63) is 59.7 Å². The maximum Gasteiger partial charge on any atom is 0.0205 e. The van der Waals surface area contributed by atoms with Crippen LogP contribution in [0, 0.1) is 6.92 Å². The molecule has 1 N–H and O–H groups in total. The van der Waals surface area contributed by atoms with Crippen LogP contribution in [0.4, 0.5) is 0 Å². The molecule has 0 spiro atoms. The quantitative estimate of drug-likeness (QED) is 0.772. The lowest BCUT2D eigenvalue weighted by Crippen LogP contribution is -2.13. The number of nitrogens with one attached hydrogen (secondary N) is 1. The van der Waals surface area contributed by atoms with E-state index in [1.807, 2.05) is 0 Å². The Hall–Kier alpha value is -1.60. The van der Waals surface area contributed by atoms with Gasteiger partial charge in [0.05, 0.1) is 0 Å². The molecule has 2 aromatic carbocycles. The summed E-state index contributed by atoms with van der Waals surface area (Å²) in [7, 11) is 0. The van der Waals surface area contributed by atoms with Crippen LogP contribution in [0.15, 0.2) is 48.5 Å². The SMILES string of the molecule is CCCNCc1cccc(-c2ccccc2C)c1. The highest BCUT2D eigenvalue weighted by molar-refractivity contribution is 5.67. The fourth-order valence-electron chi connectivity index (χ4n) is 2.16. The Kier molecular flexibility index (Phi) is 4.54. The third kappa shape index (κ3) is 3.21. The molecule has 0 saturated carbocycles. The maximum absolute atomic E-state index is 3.44. The molecule has 94 valence electrons. The van der Waals surface area contributed by atoms with Crippen molar-refractivity contribution < 1.29 is 0 Å². The van der Waals surface area contributed by atoms with Gasteiger partial charge in [0.1, 0.15) is 0 Å². The lowest BCUT2D eigenvalue weighted by molar-refractivity contribution is 0.675. The second-order valence-electron chi connectivity index (χ2n) is 4.69. The van der Waals surface area contributed by atoms with E-state index in [0.717, 1.165) is 13.1 Å². The van der Waals surface area contributed by atoms with Gasteiger partial charge in [0.25, 0.3) is 0 Å². The zero-order chi connectivity index (χ0) is 12.8. The van der Waals surface area contributed by atoms with E-state index < -0.39 is 0 Å². The molecule has 0 aliphatic heterocycles. The van der Waals surface area contributed by atoms with E-state index in [-0.39, 0.29) is 0 Å². The van der Waals surface area contributed by atoms with Gasteiger partial charge in [-0.2, -0.15) is 0 Å². The monoisotopic (exact) mass is 239 g/mol. The van der Waals surface area contributed by atoms with Crippen LogP contribution in [-0.2, 0) is 6.54 Å².